The second-order valence-electron chi connectivity index (χ2n) is 2.70. The Morgan fingerprint density at radius 3 is 2.60 bits per heavy atom. The molecule has 0 aliphatic heterocycles. The quantitative estimate of drug-likeness (QED) is 0.906. The predicted molar refractivity (Wildman–Crippen MR) is 51.2 cm³/mol. The number of hydrogen-bond acceptors (Lipinski definition) is 2. The van der Waals surface area contributed by atoms with E-state index in [0.29, 0.717) is 4.47 Å². The number of rotatable bonds is 2. The molecule has 1 N–H and O–H groups in total. The van der Waals surface area contributed by atoms with E-state index in [-0.39, 0.29) is 5.82 Å². The lowest BCUT2D eigenvalue weighted by molar-refractivity contribution is -0.150. The summed E-state index contributed by atoms with van der Waals surface area (Å²) in [6.07, 6.45) is -4.63. The van der Waals surface area contributed by atoms with Gasteiger partial charge in [0.25, 0.3) is 0 Å². The standard InChI is InChI=1S/C8H6BrF3N2O/c9-5-1-2-6(13-4-5)14-7(15)3-8(10,11)12/h1-2,4H,3H2,(H,13,14,15). The van der Waals surface area contributed by atoms with Gasteiger partial charge in [-0.05, 0) is 28.1 Å². The van der Waals surface area contributed by atoms with Crippen molar-refractivity contribution in [3.63, 3.8) is 0 Å². The van der Waals surface area contributed by atoms with E-state index in [2.05, 4.69) is 20.9 Å². The molecule has 0 fully saturated rings. The number of carbonyl (C=O) groups excluding carboxylic acids is 1. The van der Waals surface area contributed by atoms with E-state index >= 15 is 0 Å². The van der Waals surface area contributed by atoms with Crippen molar-refractivity contribution in [1.82, 2.24) is 4.98 Å². The highest BCUT2D eigenvalue weighted by atomic mass is 79.9. The van der Waals surface area contributed by atoms with Crippen molar-refractivity contribution in [2.75, 3.05) is 5.32 Å². The molecule has 15 heavy (non-hydrogen) atoms. The average molecular weight is 283 g/mol. The van der Waals surface area contributed by atoms with Crippen molar-refractivity contribution in [1.29, 1.82) is 0 Å². The molecule has 7 heteroatoms. The van der Waals surface area contributed by atoms with Crippen LogP contribution >= 0.6 is 15.9 Å². The number of carbonyl (C=O) groups is 1. The molecule has 82 valence electrons. The molecule has 1 rings (SSSR count). The largest absolute Gasteiger partial charge is 0.397 e. The maximum Gasteiger partial charge on any atom is 0.397 e. The van der Waals surface area contributed by atoms with Crippen molar-refractivity contribution in [2.24, 2.45) is 0 Å². The Labute approximate surface area is 91.8 Å². The van der Waals surface area contributed by atoms with Crippen molar-refractivity contribution < 1.29 is 18.0 Å². The Hall–Kier alpha value is -1.11. The van der Waals surface area contributed by atoms with Crippen LogP contribution in [0.15, 0.2) is 22.8 Å². The maximum absolute atomic E-state index is 11.8. The average Bonchev–Trinajstić information content (AvgIpc) is 2.05. The first-order valence-electron chi connectivity index (χ1n) is 3.85. The molecule has 1 amide bonds. The Kier molecular flexibility index (Phi) is 3.67. The number of nitrogens with one attached hydrogen (secondary N) is 1. The monoisotopic (exact) mass is 282 g/mol. The zero-order chi connectivity index (χ0) is 11.5. The second kappa shape index (κ2) is 4.61. The smallest absolute Gasteiger partial charge is 0.310 e. The van der Waals surface area contributed by atoms with Gasteiger partial charge in [-0.3, -0.25) is 4.79 Å². The molecule has 0 saturated carbocycles. The highest BCUT2D eigenvalue weighted by Gasteiger charge is 2.31. The summed E-state index contributed by atoms with van der Waals surface area (Å²) in [6.45, 7) is 0. The van der Waals surface area contributed by atoms with Gasteiger partial charge in [-0.1, -0.05) is 0 Å². The van der Waals surface area contributed by atoms with Gasteiger partial charge in [0.15, 0.2) is 0 Å². The molecule has 0 radical (unpaired) electrons. The summed E-state index contributed by atoms with van der Waals surface area (Å²) in [7, 11) is 0. The number of anilines is 1. The molecule has 0 aliphatic carbocycles. The number of hydrogen-bond donors (Lipinski definition) is 1. The maximum atomic E-state index is 11.8. The third kappa shape index (κ3) is 4.78. The van der Waals surface area contributed by atoms with Gasteiger partial charge in [-0.25, -0.2) is 4.98 Å². The molecule has 0 bridgehead atoms. The Bertz CT molecular complexity index is 350. The van der Waals surface area contributed by atoms with Gasteiger partial charge in [-0.2, -0.15) is 13.2 Å². The van der Waals surface area contributed by atoms with Crippen LogP contribution in [-0.4, -0.2) is 17.1 Å². The molecule has 0 atom stereocenters. The van der Waals surface area contributed by atoms with Crippen LogP contribution < -0.4 is 5.32 Å². The van der Waals surface area contributed by atoms with E-state index in [0.717, 1.165) is 0 Å². The molecule has 0 spiro atoms. The second-order valence-corrected chi connectivity index (χ2v) is 3.62. The third-order valence-electron chi connectivity index (χ3n) is 1.36. The fourth-order valence-electron chi connectivity index (χ4n) is 0.819. The van der Waals surface area contributed by atoms with Gasteiger partial charge in [0.1, 0.15) is 12.2 Å². The van der Waals surface area contributed by atoms with Gasteiger partial charge in [0.05, 0.1) is 0 Å². The van der Waals surface area contributed by atoms with Gasteiger partial charge < -0.3 is 5.32 Å². The van der Waals surface area contributed by atoms with Crippen LogP contribution in [0.4, 0.5) is 19.0 Å². The van der Waals surface area contributed by atoms with Crippen LogP contribution in [-0.2, 0) is 4.79 Å². The van der Waals surface area contributed by atoms with Crippen LogP contribution in [0, 0.1) is 0 Å². The number of amides is 1. The molecule has 0 aromatic carbocycles. The number of aromatic nitrogens is 1. The fraction of sp³-hybridized carbons (Fsp3) is 0.250. The highest BCUT2D eigenvalue weighted by Crippen LogP contribution is 2.20. The Morgan fingerprint density at radius 1 is 1.47 bits per heavy atom. The molecule has 1 heterocycles. The van der Waals surface area contributed by atoms with Crippen molar-refractivity contribution >= 4 is 27.7 Å². The zero-order valence-electron chi connectivity index (χ0n) is 7.31. The molecule has 0 saturated heterocycles. The minimum Gasteiger partial charge on any atom is -0.310 e. The zero-order valence-corrected chi connectivity index (χ0v) is 8.89. The molecule has 3 nitrogen and oxygen atoms in total. The SMILES string of the molecule is O=C(CC(F)(F)F)Nc1ccc(Br)cn1. The number of halogens is 4. The molecule has 1 aromatic rings. The summed E-state index contributed by atoms with van der Waals surface area (Å²) in [6, 6.07) is 2.97. The van der Waals surface area contributed by atoms with Gasteiger partial charge in [-0.15, -0.1) is 0 Å². The molecular weight excluding hydrogens is 277 g/mol. The number of pyridine rings is 1. The lowest BCUT2D eigenvalue weighted by atomic mass is 10.4. The minimum absolute atomic E-state index is 0.0902. The van der Waals surface area contributed by atoms with E-state index in [1.807, 2.05) is 5.32 Å². The Balaban J connectivity index is 2.55. The van der Waals surface area contributed by atoms with Gasteiger partial charge in [0, 0.05) is 10.7 Å². The minimum atomic E-state index is -4.50. The first-order chi connectivity index (χ1) is 6.87. The van der Waals surface area contributed by atoms with E-state index in [4.69, 9.17) is 0 Å². The van der Waals surface area contributed by atoms with Gasteiger partial charge in [0.2, 0.25) is 5.91 Å². The summed E-state index contributed by atoms with van der Waals surface area (Å²) in [4.78, 5) is 14.5. The molecule has 0 aliphatic rings. The van der Waals surface area contributed by atoms with Crippen molar-refractivity contribution in [2.45, 2.75) is 12.6 Å². The lowest BCUT2D eigenvalue weighted by Gasteiger charge is -2.06. The molecule has 0 unspecified atom stereocenters. The normalized spacial score (nSPS) is 11.2. The van der Waals surface area contributed by atoms with Crippen LogP contribution in [0.3, 0.4) is 0 Å². The fourth-order valence-corrected chi connectivity index (χ4v) is 1.05. The first-order valence-corrected chi connectivity index (χ1v) is 4.64. The van der Waals surface area contributed by atoms with Gasteiger partial charge >= 0.3 is 6.18 Å². The van der Waals surface area contributed by atoms with E-state index in [1.54, 1.807) is 6.07 Å². The van der Waals surface area contributed by atoms with Crippen LogP contribution in [0.2, 0.25) is 0 Å². The van der Waals surface area contributed by atoms with Crippen molar-refractivity contribution in [3.8, 4) is 0 Å². The molecule has 1 aromatic heterocycles. The summed E-state index contributed by atoms with van der Waals surface area (Å²) >= 11 is 3.11. The Morgan fingerprint density at radius 2 is 2.13 bits per heavy atom. The van der Waals surface area contributed by atoms with Crippen LogP contribution in [0.25, 0.3) is 0 Å². The first kappa shape index (κ1) is 12.0. The topological polar surface area (TPSA) is 42.0 Å². The summed E-state index contributed by atoms with van der Waals surface area (Å²) in [5.74, 6) is -1.04. The van der Waals surface area contributed by atoms with Crippen LogP contribution in [0.5, 0.6) is 0 Å². The van der Waals surface area contributed by atoms with Crippen LogP contribution in [0.1, 0.15) is 6.42 Å². The van der Waals surface area contributed by atoms with E-state index < -0.39 is 18.5 Å². The third-order valence-corrected chi connectivity index (χ3v) is 1.82. The number of nitrogens with zero attached hydrogens (tertiary/aromatic N) is 1. The number of alkyl halides is 3. The van der Waals surface area contributed by atoms with E-state index in [1.165, 1.54) is 12.3 Å². The summed E-state index contributed by atoms with van der Waals surface area (Å²) in [5.41, 5.74) is 0. The van der Waals surface area contributed by atoms with E-state index in [9.17, 15) is 18.0 Å². The lowest BCUT2D eigenvalue weighted by Crippen LogP contribution is -2.21. The van der Waals surface area contributed by atoms with Crippen molar-refractivity contribution in [3.05, 3.63) is 22.8 Å². The summed E-state index contributed by atoms with van der Waals surface area (Å²) in [5, 5.41) is 2.03. The summed E-state index contributed by atoms with van der Waals surface area (Å²) < 4.78 is 36.0. The predicted octanol–water partition coefficient (Wildman–Crippen LogP) is 2.74. The molecular formula is C8H6BrF3N2O. The highest BCUT2D eigenvalue weighted by molar-refractivity contribution is 9.10.